The first-order valence-corrected chi connectivity index (χ1v) is 7.78. The smallest absolute Gasteiger partial charge is 0.138 e. The van der Waals surface area contributed by atoms with Crippen LogP contribution in [-0.4, -0.2) is 17.0 Å². The summed E-state index contributed by atoms with van der Waals surface area (Å²) in [4.78, 5) is 10.4. The molecule has 0 aliphatic rings. The summed E-state index contributed by atoms with van der Waals surface area (Å²) < 4.78 is 0. The lowest BCUT2D eigenvalue weighted by atomic mass is 10.1. The molecule has 2 rings (SSSR count). The number of hydrogen-bond acceptors (Lipinski definition) is 4. The SMILES string of the molecule is CNC(C)c1cnc(CSc2ccccc2C)nc1C. The van der Waals surface area contributed by atoms with E-state index in [1.54, 1.807) is 11.8 Å². The van der Waals surface area contributed by atoms with Crippen LogP contribution in [0.4, 0.5) is 0 Å². The Morgan fingerprint density at radius 3 is 2.65 bits per heavy atom. The van der Waals surface area contributed by atoms with Crippen LogP contribution >= 0.6 is 11.8 Å². The number of nitrogens with zero attached hydrogens (tertiary/aromatic N) is 2. The summed E-state index contributed by atoms with van der Waals surface area (Å²) in [6, 6.07) is 8.69. The summed E-state index contributed by atoms with van der Waals surface area (Å²) in [5.41, 5.74) is 3.52. The third-order valence-corrected chi connectivity index (χ3v) is 4.59. The number of aryl methyl sites for hydroxylation is 2. The van der Waals surface area contributed by atoms with Gasteiger partial charge < -0.3 is 5.32 Å². The van der Waals surface area contributed by atoms with Gasteiger partial charge in [0.05, 0.1) is 5.75 Å². The predicted molar refractivity (Wildman–Crippen MR) is 85.0 cm³/mol. The monoisotopic (exact) mass is 287 g/mol. The summed E-state index contributed by atoms with van der Waals surface area (Å²) in [6.07, 6.45) is 1.94. The zero-order valence-corrected chi connectivity index (χ0v) is 13.3. The van der Waals surface area contributed by atoms with Crippen molar-refractivity contribution < 1.29 is 0 Å². The molecule has 0 radical (unpaired) electrons. The molecule has 0 amide bonds. The molecule has 1 heterocycles. The van der Waals surface area contributed by atoms with Crippen LogP contribution in [0, 0.1) is 13.8 Å². The number of hydrogen-bond donors (Lipinski definition) is 1. The summed E-state index contributed by atoms with van der Waals surface area (Å²) in [5.74, 6) is 1.70. The third kappa shape index (κ3) is 3.58. The van der Waals surface area contributed by atoms with Gasteiger partial charge in [0.15, 0.2) is 0 Å². The van der Waals surface area contributed by atoms with Crippen molar-refractivity contribution in [3.05, 3.63) is 53.1 Å². The topological polar surface area (TPSA) is 37.8 Å². The van der Waals surface area contributed by atoms with Crippen molar-refractivity contribution in [2.75, 3.05) is 7.05 Å². The molecule has 2 aromatic rings. The molecule has 0 bridgehead atoms. The number of nitrogens with one attached hydrogen (secondary N) is 1. The normalized spacial score (nSPS) is 12.4. The fourth-order valence-corrected chi connectivity index (χ4v) is 2.93. The molecule has 1 atom stereocenters. The van der Waals surface area contributed by atoms with Crippen molar-refractivity contribution in [1.29, 1.82) is 0 Å². The van der Waals surface area contributed by atoms with Crippen molar-refractivity contribution in [2.24, 2.45) is 0 Å². The van der Waals surface area contributed by atoms with Crippen molar-refractivity contribution >= 4 is 11.8 Å². The van der Waals surface area contributed by atoms with Gasteiger partial charge in [-0.25, -0.2) is 9.97 Å². The standard InChI is InChI=1S/C16H21N3S/c1-11-7-5-6-8-15(11)20-10-16-18-9-14(12(2)17-4)13(3)19-16/h5-9,12,17H,10H2,1-4H3. The van der Waals surface area contributed by atoms with Gasteiger partial charge in [0.2, 0.25) is 0 Å². The summed E-state index contributed by atoms with van der Waals surface area (Å²) in [6.45, 7) is 6.30. The fraction of sp³-hybridized carbons (Fsp3) is 0.375. The van der Waals surface area contributed by atoms with Gasteiger partial charge in [0, 0.05) is 28.4 Å². The lowest BCUT2D eigenvalue weighted by Crippen LogP contribution is -2.15. The zero-order valence-electron chi connectivity index (χ0n) is 12.5. The van der Waals surface area contributed by atoms with Crippen molar-refractivity contribution in [3.63, 3.8) is 0 Å². The zero-order chi connectivity index (χ0) is 14.5. The Bertz CT molecular complexity index is 584. The number of aromatic nitrogens is 2. The van der Waals surface area contributed by atoms with Crippen LogP contribution in [0.1, 0.15) is 35.6 Å². The first kappa shape index (κ1) is 15.0. The van der Waals surface area contributed by atoms with Gasteiger partial charge in [0.25, 0.3) is 0 Å². The first-order chi connectivity index (χ1) is 9.61. The Balaban J connectivity index is 2.08. The van der Waals surface area contributed by atoms with Crippen LogP contribution in [0.2, 0.25) is 0 Å². The second-order valence-corrected chi connectivity index (χ2v) is 5.91. The number of thioether (sulfide) groups is 1. The molecule has 0 fully saturated rings. The molecular weight excluding hydrogens is 266 g/mol. The maximum absolute atomic E-state index is 4.61. The minimum atomic E-state index is 0.285. The average Bonchev–Trinajstić information content (AvgIpc) is 2.46. The fourth-order valence-electron chi connectivity index (χ4n) is 2.04. The summed E-state index contributed by atoms with van der Waals surface area (Å²) >= 11 is 1.79. The molecule has 0 aliphatic heterocycles. The molecule has 0 spiro atoms. The first-order valence-electron chi connectivity index (χ1n) is 6.80. The van der Waals surface area contributed by atoms with Gasteiger partial charge in [-0.05, 0) is 39.4 Å². The van der Waals surface area contributed by atoms with E-state index >= 15 is 0 Å². The molecule has 1 N–H and O–H groups in total. The van der Waals surface area contributed by atoms with E-state index in [4.69, 9.17) is 0 Å². The lowest BCUT2D eigenvalue weighted by Gasteiger charge is -2.13. The predicted octanol–water partition coefficient (Wildman–Crippen LogP) is 3.67. The van der Waals surface area contributed by atoms with Gasteiger partial charge in [-0.15, -0.1) is 11.8 Å². The molecule has 4 heteroatoms. The molecule has 1 unspecified atom stereocenters. The van der Waals surface area contributed by atoms with E-state index < -0.39 is 0 Å². The van der Waals surface area contributed by atoms with Crippen molar-refractivity contribution in [2.45, 2.75) is 37.5 Å². The van der Waals surface area contributed by atoms with E-state index in [9.17, 15) is 0 Å². The Hall–Kier alpha value is -1.39. The van der Waals surface area contributed by atoms with Crippen LogP contribution in [0.3, 0.4) is 0 Å². The van der Waals surface area contributed by atoms with E-state index in [0.29, 0.717) is 0 Å². The van der Waals surface area contributed by atoms with Crippen LogP contribution in [0.25, 0.3) is 0 Å². The Kier molecular flexibility index (Phi) is 5.15. The highest BCUT2D eigenvalue weighted by atomic mass is 32.2. The molecule has 1 aromatic carbocycles. The second kappa shape index (κ2) is 6.86. The van der Waals surface area contributed by atoms with Crippen LogP contribution in [0.5, 0.6) is 0 Å². The molecule has 0 saturated heterocycles. The van der Waals surface area contributed by atoms with Crippen LogP contribution in [0.15, 0.2) is 35.4 Å². The molecule has 0 aliphatic carbocycles. The van der Waals surface area contributed by atoms with Crippen LogP contribution < -0.4 is 5.32 Å². The molecular formula is C16H21N3S. The molecule has 20 heavy (non-hydrogen) atoms. The minimum Gasteiger partial charge on any atom is -0.313 e. The van der Waals surface area contributed by atoms with Gasteiger partial charge in [0.1, 0.15) is 5.82 Å². The van der Waals surface area contributed by atoms with Gasteiger partial charge in [-0.3, -0.25) is 0 Å². The molecule has 3 nitrogen and oxygen atoms in total. The Labute approximate surface area is 125 Å². The Morgan fingerprint density at radius 2 is 2.00 bits per heavy atom. The maximum Gasteiger partial charge on any atom is 0.138 e. The highest BCUT2D eigenvalue weighted by Crippen LogP contribution is 2.25. The third-order valence-electron chi connectivity index (χ3n) is 3.42. The highest BCUT2D eigenvalue weighted by molar-refractivity contribution is 7.98. The summed E-state index contributed by atoms with van der Waals surface area (Å²) in [7, 11) is 1.95. The second-order valence-electron chi connectivity index (χ2n) is 4.89. The lowest BCUT2D eigenvalue weighted by molar-refractivity contribution is 0.639. The average molecular weight is 287 g/mol. The van der Waals surface area contributed by atoms with Gasteiger partial charge in [-0.2, -0.15) is 0 Å². The quantitative estimate of drug-likeness (QED) is 0.852. The maximum atomic E-state index is 4.61. The van der Waals surface area contributed by atoms with E-state index in [0.717, 1.165) is 22.8 Å². The minimum absolute atomic E-state index is 0.285. The van der Waals surface area contributed by atoms with Gasteiger partial charge in [-0.1, -0.05) is 18.2 Å². The molecule has 0 saturated carbocycles. The van der Waals surface area contributed by atoms with Crippen molar-refractivity contribution in [3.8, 4) is 0 Å². The summed E-state index contributed by atoms with van der Waals surface area (Å²) in [5, 5.41) is 3.22. The molecule has 106 valence electrons. The van der Waals surface area contributed by atoms with Gasteiger partial charge >= 0.3 is 0 Å². The highest BCUT2D eigenvalue weighted by Gasteiger charge is 2.09. The van der Waals surface area contributed by atoms with Crippen molar-refractivity contribution in [1.82, 2.24) is 15.3 Å². The van der Waals surface area contributed by atoms with E-state index in [2.05, 4.69) is 53.4 Å². The number of benzene rings is 1. The van der Waals surface area contributed by atoms with Crippen LogP contribution in [-0.2, 0) is 5.75 Å². The van der Waals surface area contributed by atoms with E-state index in [-0.39, 0.29) is 6.04 Å². The van der Waals surface area contributed by atoms with E-state index in [1.807, 2.05) is 20.2 Å². The Morgan fingerprint density at radius 1 is 1.25 bits per heavy atom. The van der Waals surface area contributed by atoms with E-state index in [1.165, 1.54) is 10.5 Å². The molecule has 1 aromatic heterocycles. The largest absolute Gasteiger partial charge is 0.313 e. The number of rotatable bonds is 5.